The number of alkyl halides is 1. The van der Waals surface area contributed by atoms with Gasteiger partial charge < -0.3 is 19.3 Å². The summed E-state index contributed by atoms with van der Waals surface area (Å²) in [5, 5.41) is 2.92. The number of methoxy groups -OCH3 is 1. The van der Waals surface area contributed by atoms with Crippen molar-refractivity contribution >= 4 is 22.7 Å². The second-order valence-electron chi connectivity index (χ2n) is 5.45. The van der Waals surface area contributed by atoms with Crippen molar-refractivity contribution in [3.05, 3.63) is 53.6 Å². The van der Waals surface area contributed by atoms with Gasteiger partial charge in [-0.3, -0.25) is 0 Å². The van der Waals surface area contributed by atoms with E-state index in [1.807, 2.05) is 30.3 Å². The van der Waals surface area contributed by atoms with Crippen LogP contribution in [-0.4, -0.2) is 35.6 Å². The molecule has 0 aliphatic rings. The minimum Gasteiger partial charge on any atom is -0.493 e. The lowest BCUT2D eigenvalue weighted by molar-refractivity contribution is 0.292. The summed E-state index contributed by atoms with van der Waals surface area (Å²) in [6, 6.07) is 12.8. The van der Waals surface area contributed by atoms with Crippen LogP contribution in [-0.2, 0) is 11.1 Å². The molecule has 0 aromatic heterocycles. The SMILES string of the molecule is COc1ccccc1OCCNCC(Cl)c1ccc(C)c(S(=O)O)c1. The predicted molar refractivity (Wildman–Crippen MR) is 100 cm³/mol. The maximum absolute atomic E-state index is 11.3. The van der Waals surface area contributed by atoms with E-state index in [2.05, 4.69) is 5.32 Å². The molecule has 0 saturated heterocycles. The van der Waals surface area contributed by atoms with Crippen LogP contribution < -0.4 is 14.8 Å². The van der Waals surface area contributed by atoms with Gasteiger partial charge in [-0.05, 0) is 36.2 Å². The molecule has 25 heavy (non-hydrogen) atoms. The minimum absolute atomic E-state index is 0.297. The zero-order valence-electron chi connectivity index (χ0n) is 14.2. The fraction of sp³-hybridized carbons (Fsp3) is 0.333. The van der Waals surface area contributed by atoms with Crippen molar-refractivity contribution in [2.45, 2.75) is 17.2 Å². The third kappa shape index (κ3) is 5.71. The van der Waals surface area contributed by atoms with Crippen LogP contribution in [0.5, 0.6) is 11.5 Å². The first kappa shape index (κ1) is 19.7. The number of halogens is 1. The molecule has 2 unspecified atom stereocenters. The summed E-state index contributed by atoms with van der Waals surface area (Å²) in [4.78, 5) is 0.391. The third-order valence-corrected chi connectivity index (χ3v) is 4.91. The average molecular weight is 384 g/mol. The van der Waals surface area contributed by atoms with Crippen molar-refractivity contribution in [3.63, 3.8) is 0 Å². The van der Waals surface area contributed by atoms with Crippen molar-refractivity contribution in [1.82, 2.24) is 5.32 Å². The molecule has 2 N–H and O–H groups in total. The van der Waals surface area contributed by atoms with Crippen LogP contribution in [0.25, 0.3) is 0 Å². The number of hydrogen-bond acceptors (Lipinski definition) is 4. The Labute approximate surface area is 155 Å². The molecule has 0 heterocycles. The smallest absolute Gasteiger partial charge is 0.186 e. The van der Waals surface area contributed by atoms with E-state index in [1.54, 1.807) is 26.2 Å². The lowest BCUT2D eigenvalue weighted by Crippen LogP contribution is -2.24. The molecule has 0 spiro atoms. The highest BCUT2D eigenvalue weighted by Crippen LogP contribution is 2.26. The zero-order valence-corrected chi connectivity index (χ0v) is 15.8. The Kier molecular flexibility index (Phi) is 7.71. The van der Waals surface area contributed by atoms with Crippen LogP contribution in [0, 0.1) is 6.92 Å². The Morgan fingerprint density at radius 3 is 2.64 bits per heavy atom. The highest BCUT2D eigenvalue weighted by Gasteiger charge is 2.12. The lowest BCUT2D eigenvalue weighted by Gasteiger charge is -2.14. The monoisotopic (exact) mass is 383 g/mol. The van der Waals surface area contributed by atoms with Gasteiger partial charge in [0.05, 0.1) is 17.4 Å². The minimum atomic E-state index is -2.01. The summed E-state index contributed by atoms with van der Waals surface area (Å²) >= 11 is 4.36. The van der Waals surface area contributed by atoms with Gasteiger partial charge in [0.25, 0.3) is 0 Å². The molecule has 7 heteroatoms. The van der Waals surface area contributed by atoms with Crippen LogP contribution in [0.3, 0.4) is 0 Å². The van der Waals surface area contributed by atoms with Gasteiger partial charge in [-0.2, -0.15) is 0 Å². The van der Waals surface area contributed by atoms with Crippen LogP contribution >= 0.6 is 11.6 Å². The number of rotatable bonds is 9. The van der Waals surface area contributed by atoms with Gasteiger partial charge in [-0.25, -0.2) is 4.21 Å². The van der Waals surface area contributed by atoms with Crippen LogP contribution in [0.1, 0.15) is 16.5 Å². The van der Waals surface area contributed by atoms with Gasteiger partial charge >= 0.3 is 0 Å². The van der Waals surface area contributed by atoms with E-state index >= 15 is 0 Å². The molecule has 0 aliphatic carbocycles. The fourth-order valence-electron chi connectivity index (χ4n) is 2.32. The highest BCUT2D eigenvalue weighted by molar-refractivity contribution is 7.79. The Morgan fingerprint density at radius 2 is 1.96 bits per heavy atom. The molecule has 5 nitrogen and oxygen atoms in total. The summed E-state index contributed by atoms with van der Waals surface area (Å²) in [6.45, 7) is 3.41. The van der Waals surface area contributed by atoms with Crippen LogP contribution in [0.4, 0.5) is 0 Å². The maximum atomic E-state index is 11.3. The van der Waals surface area contributed by atoms with E-state index in [0.29, 0.717) is 36.1 Å². The molecule has 0 amide bonds. The molecular formula is C18H22ClNO4S. The number of nitrogens with one attached hydrogen (secondary N) is 1. The van der Waals surface area contributed by atoms with Gasteiger partial charge in [0, 0.05) is 13.1 Å². The zero-order chi connectivity index (χ0) is 18.2. The van der Waals surface area contributed by atoms with Gasteiger partial charge in [0.1, 0.15) is 6.61 Å². The standard InChI is InChI=1S/C18H22ClNO4S/c1-13-7-8-14(11-18(13)25(21)22)15(19)12-20-9-10-24-17-6-4-3-5-16(17)23-2/h3-8,11,15,20H,9-10,12H2,1-2H3,(H,21,22). The van der Waals surface area contributed by atoms with Crippen molar-refractivity contribution in [1.29, 1.82) is 0 Å². The topological polar surface area (TPSA) is 67.8 Å². The molecule has 0 saturated carbocycles. The van der Waals surface area contributed by atoms with Crippen molar-refractivity contribution in [2.75, 3.05) is 26.8 Å². The number of ether oxygens (including phenoxy) is 2. The second kappa shape index (κ2) is 9.77. The van der Waals surface area contributed by atoms with E-state index in [1.165, 1.54) is 0 Å². The molecule has 2 aromatic carbocycles. The Morgan fingerprint density at radius 1 is 1.24 bits per heavy atom. The average Bonchev–Trinajstić information content (AvgIpc) is 2.61. The van der Waals surface area contributed by atoms with Crippen LogP contribution in [0.15, 0.2) is 47.4 Å². The molecule has 2 atom stereocenters. The van der Waals surface area contributed by atoms with Gasteiger partial charge in [-0.15, -0.1) is 11.6 Å². The molecule has 0 fully saturated rings. The third-order valence-electron chi connectivity index (χ3n) is 3.69. The quantitative estimate of drug-likeness (QED) is 0.394. The van der Waals surface area contributed by atoms with Gasteiger partial charge in [0.15, 0.2) is 22.6 Å². The largest absolute Gasteiger partial charge is 0.493 e. The van der Waals surface area contributed by atoms with E-state index in [0.717, 1.165) is 11.1 Å². The first-order valence-electron chi connectivity index (χ1n) is 7.85. The van der Waals surface area contributed by atoms with Gasteiger partial charge in [0.2, 0.25) is 0 Å². The summed E-state index contributed by atoms with van der Waals surface area (Å²) in [6.07, 6.45) is 0. The normalized spacial score (nSPS) is 13.3. The first-order chi connectivity index (χ1) is 12.0. The molecule has 0 aliphatic heterocycles. The van der Waals surface area contributed by atoms with Crippen molar-refractivity contribution in [2.24, 2.45) is 0 Å². The van der Waals surface area contributed by atoms with Crippen molar-refractivity contribution < 1.29 is 18.2 Å². The van der Waals surface area contributed by atoms with E-state index < -0.39 is 11.1 Å². The number of benzene rings is 2. The molecule has 136 valence electrons. The summed E-state index contributed by atoms with van der Waals surface area (Å²) in [5.74, 6) is 1.39. The van der Waals surface area contributed by atoms with Gasteiger partial charge in [-0.1, -0.05) is 24.3 Å². The van der Waals surface area contributed by atoms with E-state index in [9.17, 15) is 8.76 Å². The molecule has 2 aromatic rings. The lowest BCUT2D eigenvalue weighted by atomic mass is 10.1. The molecule has 0 radical (unpaired) electrons. The molecular weight excluding hydrogens is 362 g/mol. The number of aryl methyl sites for hydroxylation is 1. The Hall–Kier alpha value is -1.60. The Balaban J connectivity index is 1.80. The number of hydrogen-bond donors (Lipinski definition) is 2. The van der Waals surface area contributed by atoms with E-state index in [4.69, 9.17) is 21.1 Å². The number of para-hydroxylation sites is 2. The maximum Gasteiger partial charge on any atom is 0.186 e. The second-order valence-corrected chi connectivity index (χ2v) is 6.91. The summed E-state index contributed by atoms with van der Waals surface area (Å²) < 4.78 is 31.5. The molecule has 2 rings (SSSR count). The van der Waals surface area contributed by atoms with E-state index in [-0.39, 0.29) is 5.38 Å². The van der Waals surface area contributed by atoms with Crippen molar-refractivity contribution in [3.8, 4) is 11.5 Å². The summed E-state index contributed by atoms with van der Waals surface area (Å²) in [5.41, 5.74) is 1.58. The molecule has 0 bridgehead atoms. The Bertz CT molecular complexity index is 726. The fourth-order valence-corrected chi connectivity index (χ4v) is 3.14. The predicted octanol–water partition coefficient (Wildman–Crippen LogP) is 3.53. The summed E-state index contributed by atoms with van der Waals surface area (Å²) in [7, 11) is 1.60. The highest BCUT2D eigenvalue weighted by atomic mass is 35.5. The first-order valence-corrected chi connectivity index (χ1v) is 9.39. The van der Waals surface area contributed by atoms with Crippen LogP contribution in [0.2, 0.25) is 0 Å².